The van der Waals surface area contributed by atoms with Crippen LogP contribution in [0.15, 0.2) is 41.3 Å². The Morgan fingerprint density at radius 3 is 2.20 bits per heavy atom. The lowest BCUT2D eigenvalue weighted by Gasteiger charge is -2.09. The molecule has 2 aromatic carbocycles. The van der Waals surface area contributed by atoms with Crippen molar-refractivity contribution in [2.24, 2.45) is 0 Å². The Bertz CT molecular complexity index is 740. The van der Waals surface area contributed by atoms with Gasteiger partial charge in [-0.1, -0.05) is 6.07 Å². The average Bonchev–Trinajstić information content (AvgIpc) is 2.37. The first-order valence-corrected chi connectivity index (χ1v) is 7.17. The molecule has 0 heterocycles. The smallest absolute Gasteiger partial charge is 0.184 e. The molecule has 2 rings (SSSR count). The van der Waals surface area contributed by atoms with Gasteiger partial charge in [0.25, 0.3) is 0 Å². The Morgan fingerprint density at radius 1 is 1.00 bits per heavy atom. The molecule has 0 spiro atoms. The molecule has 20 heavy (non-hydrogen) atoms. The summed E-state index contributed by atoms with van der Waals surface area (Å²) in [5.74, 6) is -3.70. The minimum atomic E-state index is -4.16. The molecule has 0 bridgehead atoms. The van der Waals surface area contributed by atoms with Crippen molar-refractivity contribution in [1.82, 2.24) is 0 Å². The van der Waals surface area contributed by atoms with Gasteiger partial charge in [0.15, 0.2) is 9.84 Å². The highest BCUT2D eigenvalue weighted by molar-refractivity contribution is 7.90. The van der Waals surface area contributed by atoms with E-state index in [-0.39, 0.29) is 5.69 Å². The minimum Gasteiger partial charge on any atom is -0.398 e. The first-order valence-electron chi connectivity index (χ1n) is 5.52. The Labute approximate surface area is 113 Å². The van der Waals surface area contributed by atoms with Crippen LogP contribution >= 0.6 is 0 Å². The van der Waals surface area contributed by atoms with Gasteiger partial charge in [0.2, 0.25) is 0 Å². The second-order valence-corrected chi connectivity index (χ2v) is 6.10. The number of halogens is 3. The van der Waals surface area contributed by atoms with Crippen LogP contribution in [0.5, 0.6) is 0 Å². The Hall–Kier alpha value is -2.02. The highest BCUT2D eigenvalue weighted by Crippen LogP contribution is 2.25. The highest BCUT2D eigenvalue weighted by atomic mass is 32.2. The minimum absolute atomic E-state index is 0.178. The predicted octanol–water partition coefficient (Wildman–Crippen LogP) is 2.66. The van der Waals surface area contributed by atoms with Crippen LogP contribution in [0.4, 0.5) is 18.9 Å². The molecule has 0 radical (unpaired) electrons. The molecule has 0 aliphatic heterocycles. The predicted molar refractivity (Wildman–Crippen MR) is 68.1 cm³/mol. The van der Waals surface area contributed by atoms with E-state index < -0.39 is 43.5 Å². The standard InChI is InChI=1S/C13H10F3NO2S/c14-8-4-5-12(17)13(6-8)20(18,19)7-9-10(15)2-1-3-11(9)16/h1-6H,7,17H2. The number of nitrogen functional groups attached to an aromatic ring is 1. The summed E-state index contributed by atoms with van der Waals surface area (Å²) in [6.07, 6.45) is 0. The van der Waals surface area contributed by atoms with Crippen LogP contribution in [0.2, 0.25) is 0 Å². The van der Waals surface area contributed by atoms with Gasteiger partial charge < -0.3 is 5.73 Å². The molecule has 2 aromatic rings. The van der Waals surface area contributed by atoms with Gasteiger partial charge >= 0.3 is 0 Å². The largest absolute Gasteiger partial charge is 0.398 e. The van der Waals surface area contributed by atoms with Crippen molar-refractivity contribution in [3.05, 3.63) is 59.4 Å². The van der Waals surface area contributed by atoms with E-state index in [1.807, 2.05) is 0 Å². The zero-order valence-corrected chi connectivity index (χ0v) is 10.9. The summed E-state index contributed by atoms with van der Waals surface area (Å²) in [6.45, 7) is 0. The summed E-state index contributed by atoms with van der Waals surface area (Å²) >= 11 is 0. The zero-order valence-electron chi connectivity index (χ0n) is 10.1. The van der Waals surface area contributed by atoms with Gasteiger partial charge in [0.1, 0.15) is 17.5 Å². The normalized spacial score (nSPS) is 11.6. The van der Waals surface area contributed by atoms with E-state index in [4.69, 9.17) is 5.73 Å². The van der Waals surface area contributed by atoms with Crippen molar-refractivity contribution in [2.75, 3.05) is 5.73 Å². The molecule has 0 aliphatic rings. The maximum Gasteiger partial charge on any atom is 0.184 e. The third-order valence-corrected chi connectivity index (χ3v) is 4.40. The van der Waals surface area contributed by atoms with Crippen LogP contribution in [0.1, 0.15) is 5.56 Å². The number of sulfone groups is 1. The first-order chi connectivity index (χ1) is 9.31. The number of hydrogen-bond acceptors (Lipinski definition) is 3. The fourth-order valence-corrected chi connectivity index (χ4v) is 3.25. The SMILES string of the molecule is Nc1ccc(F)cc1S(=O)(=O)Cc1c(F)cccc1F. The van der Waals surface area contributed by atoms with Gasteiger partial charge in [0.05, 0.1) is 16.3 Å². The molecule has 7 heteroatoms. The summed E-state index contributed by atoms with van der Waals surface area (Å²) in [5, 5.41) is 0. The average molecular weight is 301 g/mol. The van der Waals surface area contributed by atoms with E-state index in [1.165, 1.54) is 0 Å². The number of hydrogen-bond donors (Lipinski definition) is 1. The molecule has 2 N–H and O–H groups in total. The molecule has 0 unspecified atom stereocenters. The molecule has 106 valence electrons. The third kappa shape index (κ3) is 2.77. The van der Waals surface area contributed by atoms with Gasteiger partial charge in [0, 0.05) is 5.56 Å². The second-order valence-electron chi connectivity index (χ2n) is 4.14. The van der Waals surface area contributed by atoms with Gasteiger partial charge in [-0.3, -0.25) is 0 Å². The molecular weight excluding hydrogens is 291 g/mol. The van der Waals surface area contributed by atoms with Crippen molar-refractivity contribution < 1.29 is 21.6 Å². The number of benzene rings is 2. The molecule has 0 aliphatic carbocycles. The molecule has 0 amide bonds. The summed E-state index contributed by atoms with van der Waals surface area (Å²) in [6, 6.07) is 5.82. The number of anilines is 1. The summed E-state index contributed by atoms with van der Waals surface area (Å²) in [5.41, 5.74) is 4.69. The van der Waals surface area contributed by atoms with Crippen molar-refractivity contribution in [3.8, 4) is 0 Å². The fraction of sp³-hybridized carbons (Fsp3) is 0.0769. The van der Waals surface area contributed by atoms with Crippen LogP contribution in [-0.2, 0) is 15.6 Å². The molecular formula is C13H10F3NO2S. The van der Waals surface area contributed by atoms with E-state index in [2.05, 4.69) is 0 Å². The molecule has 0 saturated heterocycles. The van der Waals surface area contributed by atoms with E-state index in [0.29, 0.717) is 0 Å². The quantitative estimate of drug-likeness (QED) is 0.887. The van der Waals surface area contributed by atoms with Crippen LogP contribution in [-0.4, -0.2) is 8.42 Å². The lowest BCUT2D eigenvalue weighted by atomic mass is 10.2. The summed E-state index contributed by atoms with van der Waals surface area (Å²) < 4.78 is 64.2. The number of rotatable bonds is 3. The van der Waals surface area contributed by atoms with Crippen LogP contribution < -0.4 is 5.73 Å². The van der Waals surface area contributed by atoms with Crippen molar-refractivity contribution in [2.45, 2.75) is 10.6 Å². The fourth-order valence-electron chi connectivity index (χ4n) is 1.72. The van der Waals surface area contributed by atoms with Crippen molar-refractivity contribution in [1.29, 1.82) is 0 Å². The summed E-state index contributed by atoms with van der Waals surface area (Å²) in [4.78, 5) is -0.486. The van der Waals surface area contributed by atoms with Gasteiger partial charge in [-0.2, -0.15) is 0 Å². The van der Waals surface area contributed by atoms with Gasteiger partial charge in [-0.15, -0.1) is 0 Å². The van der Waals surface area contributed by atoms with Gasteiger partial charge in [-0.25, -0.2) is 21.6 Å². The van der Waals surface area contributed by atoms with E-state index in [1.54, 1.807) is 0 Å². The zero-order chi connectivity index (χ0) is 14.9. The lowest BCUT2D eigenvalue weighted by molar-refractivity contribution is 0.555. The Morgan fingerprint density at radius 2 is 1.60 bits per heavy atom. The van der Waals surface area contributed by atoms with Crippen molar-refractivity contribution >= 4 is 15.5 Å². The Kier molecular flexibility index (Phi) is 3.71. The molecule has 0 atom stereocenters. The second kappa shape index (κ2) is 5.16. The monoisotopic (exact) mass is 301 g/mol. The van der Waals surface area contributed by atoms with E-state index in [9.17, 15) is 21.6 Å². The number of nitrogens with two attached hydrogens (primary N) is 1. The highest BCUT2D eigenvalue weighted by Gasteiger charge is 2.23. The summed E-state index contributed by atoms with van der Waals surface area (Å²) in [7, 11) is -4.16. The molecule has 3 nitrogen and oxygen atoms in total. The molecule has 0 fully saturated rings. The molecule has 0 saturated carbocycles. The Balaban J connectivity index is 2.49. The maximum atomic E-state index is 13.5. The third-order valence-electron chi connectivity index (χ3n) is 2.71. The topological polar surface area (TPSA) is 60.2 Å². The van der Waals surface area contributed by atoms with Crippen LogP contribution in [0, 0.1) is 17.5 Å². The van der Waals surface area contributed by atoms with Crippen molar-refractivity contribution in [3.63, 3.8) is 0 Å². The van der Waals surface area contributed by atoms with E-state index >= 15 is 0 Å². The van der Waals surface area contributed by atoms with E-state index in [0.717, 1.165) is 36.4 Å². The maximum absolute atomic E-state index is 13.5. The molecule has 0 aromatic heterocycles. The van der Waals surface area contributed by atoms with Crippen LogP contribution in [0.25, 0.3) is 0 Å². The first kappa shape index (κ1) is 14.4. The lowest BCUT2D eigenvalue weighted by Crippen LogP contribution is -2.11. The van der Waals surface area contributed by atoms with Gasteiger partial charge in [-0.05, 0) is 30.3 Å². The van der Waals surface area contributed by atoms with Crippen LogP contribution in [0.3, 0.4) is 0 Å².